The van der Waals surface area contributed by atoms with Crippen LogP contribution in [0.15, 0.2) is 42.5 Å². The maximum atomic E-state index is 12.7. The van der Waals surface area contributed by atoms with Gasteiger partial charge in [-0.15, -0.1) is 0 Å². The monoisotopic (exact) mass is 254 g/mol. The van der Waals surface area contributed by atoms with E-state index in [0.29, 0.717) is 6.54 Å². The van der Waals surface area contributed by atoms with Gasteiger partial charge in [0.15, 0.2) is 0 Å². The van der Waals surface area contributed by atoms with Crippen molar-refractivity contribution in [2.45, 2.75) is 18.9 Å². The molecule has 1 saturated heterocycles. The number of nitrogens with zero attached hydrogens (tertiary/aromatic N) is 1. The molecular weight excluding hydrogens is 236 g/mol. The molecule has 1 unspecified atom stereocenters. The second-order valence-electron chi connectivity index (χ2n) is 5.06. The summed E-state index contributed by atoms with van der Waals surface area (Å²) in [5.41, 5.74) is 6.55. The molecule has 1 amide bonds. The number of likely N-dealkylation sites (tertiary alicyclic amines) is 1. The Hall–Kier alpha value is -1.87. The Labute approximate surface area is 113 Å². The minimum Gasteiger partial charge on any atom is -0.334 e. The number of fused-ring (bicyclic) bond motifs is 1. The minimum atomic E-state index is 0.116. The van der Waals surface area contributed by atoms with Crippen molar-refractivity contribution >= 4 is 16.7 Å². The maximum Gasteiger partial charge on any atom is 0.254 e. The molecule has 1 fully saturated rings. The highest BCUT2D eigenvalue weighted by Gasteiger charge is 2.28. The SMILES string of the molecule is NCC1CCCN1C(=O)c1cccc2ccccc12. The van der Waals surface area contributed by atoms with Crippen molar-refractivity contribution in [1.29, 1.82) is 0 Å². The molecule has 0 radical (unpaired) electrons. The van der Waals surface area contributed by atoms with Crippen molar-refractivity contribution in [3.8, 4) is 0 Å². The predicted octanol–water partition coefficient (Wildman–Crippen LogP) is 2.40. The number of nitrogens with two attached hydrogens (primary N) is 1. The Bertz CT molecular complexity index is 603. The molecule has 0 bridgehead atoms. The summed E-state index contributed by atoms with van der Waals surface area (Å²) in [5, 5.41) is 2.13. The molecule has 2 aromatic carbocycles. The van der Waals surface area contributed by atoms with Gasteiger partial charge >= 0.3 is 0 Å². The summed E-state index contributed by atoms with van der Waals surface area (Å²) in [7, 11) is 0. The quantitative estimate of drug-likeness (QED) is 0.894. The Kier molecular flexibility index (Phi) is 3.22. The van der Waals surface area contributed by atoms with Crippen molar-refractivity contribution < 1.29 is 4.79 Å². The number of carbonyl (C=O) groups excluding carboxylic acids is 1. The number of rotatable bonds is 2. The summed E-state index contributed by atoms with van der Waals surface area (Å²) in [6.07, 6.45) is 2.07. The van der Waals surface area contributed by atoms with Crippen LogP contribution < -0.4 is 5.73 Å². The molecule has 19 heavy (non-hydrogen) atoms. The first-order valence-corrected chi connectivity index (χ1v) is 6.80. The minimum absolute atomic E-state index is 0.116. The van der Waals surface area contributed by atoms with Crippen molar-refractivity contribution in [3.63, 3.8) is 0 Å². The van der Waals surface area contributed by atoms with Crippen molar-refractivity contribution in [1.82, 2.24) is 4.90 Å². The van der Waals surface area contributed by atoms with E-state index in [1.54, 1.807) is 0 Å². The predicted molar refractivity (Wildman–Crippen MR) is 77.1 cm³/mol. The lowest BCUT2D eigenvalue weighted by atomic mass is 10.0. The van der Waals surface area contributed by atoms with Gasteiger partial charge in [0.25, 0.3) is 5.91 Å². The van der Waals surface area contributed by atoms with Gasteiger partial charge in [-0.05, 0) is 29.7 Å². The summed E-state index contributed by atoms with van der Waals surface area (Å²) in [6, 6.07) is 14.1. The fourth-order valence-electron chi connectivity index (χ4n) is 2.91. The van der Waals surface area contributed by atoms with E-state index < -0.39 is 0 Å². The zero-order chi connectivity index (χ0) is 13.2. The molecule has 2 N–H and O–H groups in total. The topological polar surface area (TPSA) is 46.3 Å². The Morgan fingerprint density at radius 3 is 2.84 bits per heavy atom. The van der Waals surface area contributed by atoms with E-state index in [0.717, 1.165) is 35.7 Å². The molecule has 0 spiro atoms. The summed E-state index contributed by atoms with van der Waals surface area (Å²) >= 11 is 0. The first-order chi connectivity index (χ1) is 9.31. The zero-order valence-corrected chi connectivity index (χ0v) is 10.9. The van der Waals surface area contributed by atoms with E-state index in [2.05, 4.69) is 0 Å². The molecule has 1 aliphatic rings. The van der Waals surface area contributed by atoms with E-state index in [1.807, 2.05) is 47.4 Å². The fourth-order valence-corrected chi connectivity index (χ4v) is 2.91. The van der Waals surface area contributed by atoms with Crippen LogP contribution in [0.4, 0.5) is 0 Å². The molecule has 3 nitrogen and oxygen atoms in total. The van der Waals surface area contributed by atoms with Gasteiger partial charge in [-0.25, -0.2) is 0 Å². The summed E-state index contributed by atoms with van der Waals surface area (Å²) in [4.78, 5) is 14.6. The Morgan fingerprint density at radius 1 is 1.21 bits per heavy atom. The highest BCUT2D eigenvalue weighted by molar-refractivity contribution is 6.07. The van der Waals surface area contributed by atoms with Gasteiger partial charge < -0.3 is 10.6 Å². The van der Waals surface area contributed by atoms with Gasteiger partial charge in [0.2, 0.25) is 0 Å². The van der Waals surface area contributed by atoms with Crippen LogP contribution in [0, 0.1) is 0 Å². The van der Waals surface area contributed by atoms with E-state index in [-0.39, 0.29) is 11.9 Å². The highest BCUT2D eigenvalue weighted by atomic mass is 16.2. The summed E-state index contributed by atoms with van der Waals surface area (Å²) in [5.74, 6) is 0.116. The van der Waals surface area contributed by atoms with Crippen LogP contribution in [0.25, 0.3) is 10.8 Å². The molecule has 1 atom stereocenters. The van der Waals surface area contributed by atoms with Gasteiger partial charge in [-0.2, -0.15) is 0 Å². The molecule has 98 valence electrons. The van der Waals surface area contributed by atoms with Crippen LogP contribution in [-0.2, 0) is 0 Å². The van der Waals surface area contributed by atoms with Crippen LogP contribution >= 0.6 is 0 Å². The third-order valence-electron chi connectivity index (χ3n) is 3.93. The normalized spacial score (nSPS) is 19.0. The van der Waals surface area contributed by atoms with Gasteiger partial charge in [-0.1, -0.05) is 36.4 Å². The lowest BCUT2D eigenvalue weighted by molar-refractivity contribution is 0.0743. The number of hydrogen-bond acceptors (Lipinski definition) is 2. The fraction of sp³-hybridized carbons (Fsp3) is 0.312. The number of carbonyl (C=O) groups is 1. The molecule has 0 aromatic heterocycles. The standard InChI is InChI=1S/C16H18N2O/c17-11-13-7-4-10-18(13)16(19)15-9-3-6-12-5-1-2-8-14(12)15/h1-3,5-6,8-9,13H,4,7,10-11,17H2. The lowest BCUT2D eigenvalue weighted by Gasteiger charge is -2.24. The lowest BCUT2D eigenvalue weighted by Crippen LogP contribution is -2.39. The Balaban J connectivity index is 2.02. The number of hydrogen-bond donors (Lipinski definition) is 1. The summed E-state index contributed by atoms with van der Waals surface area (Å²) < 4.78 is 0. The van der Waals surface area contributed by atoms with Crippen molar-refractivity contribution in [2.75, 3.05) is 13.1 Å². The largest absolute Gasteiger partial charge is 0.334 e. The van der Waals surface area contributed by atoms with Gasteiger partial charge in [0.05, 0.1) is 0 Å². The van der Waals surface area contributed by atoms with Crippen molar-refractivity contribution in [3.05, 3.63) is 48.0 Å². The molecule has 1 aliphatic heterocycles. The smallest absolute Gasteiger partial charge is 0.254 e. The van der Waals surface area contributed by atoms with Crippen LogP contribution in [-0.4, -0.2) is 29.9 Å². The first-order valence-electron chi connectivity index (χ1n) is 6.80. The van der Waals surface area contributed by atoms with E-state index in [4.69, 9.17) is 5.73 Å². The third kappa shape index (κ3) is 2.10. The molecule has 3 heteroatoms. The zero-order valence-electron chi connectivity index (χ0n) is 10.9. The average molecular weight is 254 g/mol. The van der Waals surface area contributed by atoms with E-state index >= 15 is 0 Å². The second-order valence-corrected chi connectivity index (χ2v) is 5.06. The molecule has 2 aromatic rings. The molecule has 1 heterocycles. The van der Waals surface area contributed by atoms with E-state index in [9.17, 15) is 4.79 Å². The molecule has 3 rings (SSSR count). The van der Waals surface area contributed by atoms with Gasteiger partial charge in [-0.3, -0.25) is 4.79 Å². The van der Waals surface area contributed by atoms with Crippen LogP contribution in [0.3, 0.4) is 0 Å². The van der Waals surface area contributed by atoms with Crippen molar-refractivity contribution in [2.24, 2.45) is 5.73 Å². The van der Waals surface area contributed by atoms with Gasteiger partial charge in [0.1, 0.15) is 0 Å². The van der Waals surface area contributed by atoms with Crippen LogP contribution in [0.2, 0.25) is 0 Å². The average Bonchev–Trinajstić information content (AvgIpc) is 2.94. The van der Waals surface area contributed by atoms with Gasteiger partial charge in [0, 0.05) is 24.7 Å². The van der Waals surface area contributed by atoms with E-state index in [1.165, 1.54) is 0 Å². The molecule has 0 saturated carbocycles. The van der Waals surface area contributed by atoms with Crippen LogP contribution in [0.5, 0.6) is 0 Å². The second kappa shape index (κ2) is 5.02. The maximum absolute atomic E-state index is 12.7. The first kappa shape index (κ1) is 12.2. The molecular formula is C16H18N2O. The third-order valence-corrected chi connectivity index (χ3v) is 3.93. The summed E-state index contributed by atoms with van der Waals surface area (Å²) in [6.45, 7) is 1.38. The number of amides is 1. The Morgan fingerprint density at radius 2 is 2.00 bits per heavy atom. The number of benzene rings is 2. The molecule has 0 aliphatic carbocycles. The highest BCUT2D eigenvalue weighted by Crippen LogP contribution is 2.24. The van der Waals surface area contributed by atoms with Crippen LogP contribution in [0.1, 0.15) is 23.2 Å².